The van der Waals surface area contributed by atoms with Crippen LogP contribution in [0.3, 0.4) is 0 Å². The number of nitrogens with zero attached hydrogens (tertiary/aromatic N) is 2. The van der Waals surface area contributed by atoms with Crippen molar-refractivity contribution in [2.75, 3.05) is 44.3 Å². The van der Waals surface area contributed by atoms with Crippen LogP contribution < -0.4 is 4.90 Å². The number of piperidine rings is 1. The summed E-state index contributed by atoms with van der Waals surface area (Å²) in [6.45, 7) is 5.00. The van der Waals surface area contributed by atoms with Gasteiger partial charge in [-0.25, -0.2) is 0 Å². The van der Waals surface area contributed by atoms with Crippen LogP contribution in [0, 0.1) is 5.41 Å². The van der Waals surface area contributed by atoms with Crippen molar-refractivity contribution in [2.24, 2.45) is 5.41 Å². The monoisotopic (exact) mass is 376 g/mol. The fourth-order valence-corrected chi connectivity index (χ4v) is 4.16. The number of hydrogen-bond donors (Lipinski definition) is 2. The second-order valence-electron chi connectivity index (χ2n) is 7.34. The molecule has 0 saturated carbocycles. The maximum absolute atomic E-state index is 13.2. The van der Waals surface area contributed by atoms with E-state index in [1.54, 1.807) is 11.0 Å². The number of carbonyl (C=O) groups is 2. The Hall–Kier alpha value is -2.12. The van der Waals surface area contributed by atoms with Gasteiger partial charge < -0.3 is 24.7 Å². The number of carboxylic acid groups (broad SMARTS) is 1. The van der Waals surface area contributed by atoms with Crippen LogP contribution in [0.25, 0.3) is 0 Å². The van der Waals surface area contributed by atoms with Crippen molar-refractivity contribution < 1.29 is 24.5 Å². The third kappa shape index (κ3) is 3.80. The molecule has 2 aliphatic rings. The molecule has 2 N–H and O–H groups in total. The summed E-state index contributed by atoms with van der Waals surface area (Å²) in [5, 5.41) is 20.3. The molecule has 1 aromatic rings. The molecule has 2 fully saturated rings. The van der Waals surface area contributed by atoms with Crippen LogP contribution in [0.2, 0.25) is 0 Å². The first-order valence-corrected chi connectivity index (χ1v) is 9.62. The van der Waals surface area contributed by atoms with Crippen LogP contribution in [0.15, 0.2) is 24.3 Å². The maximum atomic E-state index is 13.2. The van der Waals surface area contributed by atoms with E-state index in [0.717, 1.165) is 18.8 Å². The average molecular weight is 376 g/mol. The minimum Gasteiger partial charge on any atom is -0.481 e. The van der Waals surface area contributed by atoms with Gasteiger partial charge in [-0.05, 0) is 25.0 Å². The normalized spacial score (nSPS) is 26.1. The van der Waals surface area contributed by atoms with Gasteiger partial charge in [0.05, 0.1) is 30.3 Å². The molecule has 0 spiro atoms. The highest BCUT2D eigenvalue weighted by molar-refractivity contribution is 6.00. The molecule has 3 rings (SSSR count). The molecule has 27 heavy (non-hydrogen) atoms. The molecule has 2 saturated heterocycles. The Labute approximate surface area is 159 Å². The molecule has 0 radical (unpaired) electrons. The van der Waals surface area contributed by atoms with Gasteiger partial charge in [-0.1, -0.05) is 25.5 Å². The molecule has 0 unspecified atom stereocenters. The predicted molar refractivity (Wildman–Crippen MR) is 101 cm³/mol. The number of aliphatic hydroxyl groups is 1. The van der Waals surface area contributed by atoms with Crippen LogP contribution in [0.5, 0.6) is 0 Å². The summed E-state index contributed by atoms with van der Waals surface area (Å²) in [6, 6.07) is 7.46. The number of morpholine rings is 1. The average Bonchev–Trinajstić information content (AvgIpc) is 2.69. The van der Waals surface area contributed by atoms with Gasteiger partial charge in [-0.15, -0.1) is 0 Å². The summed E-state index contributed by atoms with van der Waals surface area (Å²) in [6.07, 6.45) is 0.291. The first kappa shape index (κ1) is 19.6. The van der Waals surface area contributed by atoms with Gasteiger partial charge in [0, 0.05) is 31.9 Å². The van der Waals surface area contributed by atoms with Gasteiger partial charge in [0.15, 0.2) is 0 Å². The van der Waals surface area contributed by atoms with Crippen LogP contribution in [-0.2, 0) is 9.53 Å². The Morgan fingerprint density at radius 3 is 2.56 bits per heavy atom. The molecule has 148 valence electrons. The lowest BCUT2D eigenvalue weighted by Gasteiger charge is -2.43. The van der Waals surface area contributed by atoms with Gasteiger partial charge in [0.25, 0.3) is 5.91 Å². The number of benzene rings is 1. The summed E-state index contributed by atoms with van der Waals surface area (Å²) in [4.78, 5) is 28.7. The van der Waals surface area contributed by atoms with Crippen molar-refractivity contribution in [3.63, 3.8) is 0 Å². The SMILES string of the molecule is CCC[C@]1(C(=O)O)CCN(C(=O)c2ccccc2N2CCOCC2)C[C@@H]1O. The predicted octanol–water partition coefficient (Wildman–Crippen LogP) is 1.60. The van der Waals surface area contributed by atoms with E-state index in [1.807, 2.05) is 25.1 Å². The maximum Gasteiger partial charge on any atom is 0.312 e. The number of aliphatic hydroxyl groups excluding tert-OH is 1. The number of aliphatic carboxylic acids is 1. The smallest absolute Gasteiger partial charge is 0.312 e. The fraction of sp³-hybridized carbons (Fsp3) is 0.600. The van der Waals surface area contributed by atoms with Crippen LogP contribution >= 0.6 is 0 Å². The van der Waals surface area contributed by atoms with Crippen molar-refractivity contribution in [3.05, 3.63) is 29.8 Å². The molecule has 0 bridgehead atoms. The van der Waals surface area contributed by atoms with Crippen molar-refractivity contribution in [2.45, 2.75) is 32.3 Å². The highest BCUT2D eigenvalue weighted by Gasteiger charge is 2.48. The third-order valence-electron chi connectivity index (χ3n) is 5.75. The summed E-state index contributed by atoms with van der Waals surface area (Å²) in [5.74, 6) is -1.13. The second-order valence-corrected chi connectivity index (χ2v) is 7.34. The molecule has 1 amide bonds. The lowest BCUT2D eigenvalue weighted by atomic mass is 9.72. The fourth-order valence-electron chi connectivity index (χ4n) is 4.16. The molecular weight excluding hydrogens is 348 g/mol. The van der Waals surface area contributed by atoms with Crippen LogP contribution in [-0.4, -0.2) is 72.5 Å². The standard InChI is InChI=1S/C20H28N2O5/c1-2-7-20(19(25)26)8-9-22(14-17(20)23)18(24)15-5-3-4-6-16(15)21-10-12-27-13-11-21/h3-6,17,23H,2,7-14H2,1H3,(H,25,26)/t17-,20-/m0/s1. The third-order valence-corrected chi connectivity index (χ3v) is 5.75. The van der Waals surface area contributed by atoms with Gasteiger partial charge >= 0.3 is 5.97 Å². The Bertz CT molecular complexity index is 689. The molecule has 0 aliphatic carbocycles. The van der Waals surface area contributed by atoms with Crippen LogP contribution in [0.1, 0.15) is 36.5 Å². The number of rotatable bonds is 5. The minimum atomic E-state index is -1.16. The van der Waals surface area contributed by atoms with E-state index in [0.29, 0.717) is 38.2 Å². The summed E-state index contributed by atoms with van der Waals surface area (Å²) in [7, 11) is 0. The highest BCUT2D eigenvalue weighted by atomic mass is 16.5. The lowest BCUT2D eigenvalue weighted by Crippen LogP contribution is -2.56. The number of amides is 1. The zero-order valence-corrected chi connectivity index (χ0v) is 15.8. The van der Waals surface area contributed by atoms with E-state index in [-0.39, 0.29) is 18.9 Å². The van der Waals surface area contributed by atoms with E-state index < -0.39 is 17.5 Å². The zero-order chi connectivity index (χ0) is 19.4. The summed E-state index contributed by atoms with van der Waals surface area (Å²) in [5.41, 5.74) is 0.295. The molecule has 7 heteroatoms. The number of carboxylic acids is 1. The Balaban J connectivity index is 1.79. The number of ether oxygens (including phenoxy) is 1. The summed E-state index contributed by atoms with van der Waals surface area (Å²) < 4.78 is 5.39. The van der Waals surface area contributed by atoms with Crippen molar-refractivity contribution >= 4 is 17.6 Å². The topological polar surface area (TPSA) is 90.3 Å². The van der Waals surface area contributed by atoms with E-state index in [9.17, 15) is 19.8 Å². The first-order valence-electron chi connectivity index (χ1n) is 9.62. The number of hydrogen-bond acceptors (Lipinski definition) is 5. The van der Waals surface area contributed by atoms with Crippen molar-refractivity contribution in [1.29, 1.82) is 0 Å². The van der Waals surface area contributed by atoms with Gasteiger partial charge in [0.1, 0.15) is 0 Å². The van der Waals surface area contributed by atoms with E-state index in [4.69, 9.17) is 4.74 Å². The lowest BCUT2D eigenvalue weighted by molar-refractivity contribution is -0.162. The second kappa shape index (κ2) is 8.27. The Morgan fingerprint density at radius 1 is 1.22 bits per heavy atom. The first-order chi connectivity index (χ1) is 13.0. The van der Waals surface area contributed by atoms with E-state index in [1.165, 1.54) is 0 Å². The molecule has 2 heterocycles. The zero-order valence-electron chi connectivity index (χ0n) is 15.8. The van der Waals surface area contributed by atoms with Gasteiger partial charge in [-0.3, -0.25) is 9.59 Å². The van der Waals surface area contributed by atoms with E-state index >= 15 is 0 Å². The van der Waals surface area contributed by atoms with Crippen molar-refractivity contribution in [1.82, 2.24) is 4.90 Å². The van der Waals surface area contributed by atoms with Crippen LogP contribution in [0.4, 0.5) is 5.69 Å². The Kier molecular flexibility index (Phi) is 6.01. The van der Waals surface area contributed by atoms with Gasteiger partial charge in [-0.2, -0.15) is 0 Å². The quantitative estimate of drug-likeness (QED) is 0.811. The number of likely N-dealkylation sites (tertiary alicyclic amines) is 1. The molecular formula is C20H28N2O5. The molecule has 7 nitrogen and oxygen atoms in total. The Morgan fingerprint density at radius 2 is 1.93 bits per heavy atom. The molecule has 0 aromatic heterocycles. The van der Waals surface area contributed by atoms with E-state index in [2.05, 4.69) is 4.90 Å². The number of anilines is 1. The number of carbonyl (C=O) groups excluding carboxylic acids is 1. The number of para-hydroxylation sites is 1. The number of β-amino-alcohol motifs (C(OH)–C–C–N with tert-alkyl or cyclic N) is 1. The highest BCUT2D eigenvalue weighted by Crippen LogP contribution is 2.37. The molecule has 2 atom stereocenters. The minimum absolute atomic E-state index is 0.0442. The molecule has 2 aliphatic heterocycles. The largest absolute Gasteiger partial charge is 0.481 e. The summed E-state index contributed by atoms with van der Waals surface area (Å²) >= 11 is 0. The molecule has 1 aromatic carbocycles. The van der Waals surface area contributed by atoms with Gasteiger partial charge in [0.2, 0.25) is 0 Å². The van der Waals surface area contributed by atoms with Crippen molar-refractivity contribution in [3.8, 4) is 0 Å².